The van der Waals surface area contributed by atoms with Gasteiger partial charge in [0.1, 0.15) is 30.3 Å². The molecule has 0 fully saturated rings. The zero-order chi connectivity index (χ0) is 54.2. The van der Waals surface area contributed by atoms with Crippen LogP contribution in [0.25, 0.3) is 11.1 Å². The van der Waals surface area contributed by atoms with Crippen LogP contribution in [0.2, 0.25) is 0 Å². The van der Waals surface area contributed by atoms with Crippen molar-refractivity contribution in [2.75, 3.05) is 26.2 Å². The first kappa shape index (κ1) is 58.2. The Kier molecular flexibility index (Phi) is 21.5. The molecule has 0 radical (unpaired) electrons. The summed E-state index contributed by atoms with van der Waals surface area (Å²) in [6.45, 7) is 9.78. The van der Waals surface area contributed by atoms with E-state index in [1.54, 1.807) is 26.1 Å². The van der Waals surface area contributed by atoms with Crippen LogP contribution in [0.4, 0.5) is 8.78 Å². The molecule has 1 aliphatic rings. The van der Waals surface area contributed by atoms with Crippen molar-refractivity contribution >= 4 is 53.2 Å². The van der Waals surface area contributed by atoms with Crippen LogP contribution in [0.5, 0.6) is 0 Å². The Labute approximate surface area is 422 Å². The smallest absolute Gasteiger partial charge is 0.326 e. The van der Waals surface area contributed by atoms with Crippen molar-refractivity contribution in [3.8, 4) is 11.1 Å². The fourth-order valence-electron chi connectivity index (χ4n) is 8.18. The van der Waals surface area contributed by atoms with Crippen LogP contribution in [0.3, 0.4) is 0 Å². The standard InChI is InChI=1S/C51H67F2N9O11/c1-30(2)35(26-42(65)59-62-43(66)17-18-44(62)67)48(70)57-31(3)47(69)58-39(50(72)73)14-10-11-21-55-41(64)19-22-56-49(71)38(54)20-23-61(45(68)29-63)46(51(4,5)6)40-24-33(36-25-34(52)15-16-37(36)53)28-60(40)27-32-12-8-7-9-13-32/h7-9,12-13,15-18,24-25,28,30-31,35,38-39,46,63H,10-11,14,19-23,26-27,29,54H2,1-6H3,(H,55,64)(H,56,71)(H,57,70)(H,58,69)(H,59,65)(H,72,73)/t31-,35-,38-,39-,46-/m0/s1. The monoisotopic (exact) mass is 1020 g/mol. The van der Waals surface area contributed by atoms with Crippen molar-refractivity contribution in [1.82, 2.24) is 41.2 Å². The number of carbonyl (C=O) groups excluding carboxylic acids is 8. The highest BCUT2D eigenvalue weighted by Crippen LogP contribution is 2.41. The topological polar surface area (TPSA) is 292 Å². The van der Waals surface area contributed by atoms with Crippen molar-refractivity contribution in [3.63, 3.8) is 0 Å². The van der Waals surface area contributed by atoms with Gasteiger partial charge in [0.2, 0.25) is 35.4 Å². The number of halogens is 2. The molecule has 4 rings (SSSR count). The maximum absolute atomic E-state index is 15.1. The first-order chi connectivity index (χ1) is 34.4. The summed E-state index contributed by atoms with van der Waals surface area (Å²) in [7, 11) is 0. The number of rotatable bonds is 27. The first-order valence-corrected chi connectivity index (χ1v) is 24.0. The zero-order valence-electron chi connectivity index (χ0n) is 41.9. The summed E-state index contributed by atoms with van der Waals surface area (Å²) < 4.78 is 31.3. The zero-order valence-corrected chi connectivity index (χ0v) is 41.9. The van der Waals surface area contributed by atoms with Gasteiger partial charge in [-0.2, -0.15) is 5.01 Å². The molecule has 1 aromatic heterocycles. The number of nitrogens with zero attached hydrogens (tertiary/aromatic N) is 3. The molecule has 0 bridgehead atoms. The average Bonchev–Trinajstić information content (AvgIpc) is 3.88. The van der Waals surface area contributed by atoms with E-state index in [2.05, 4.69) is 26.7 Å². The van der Waals surface area contributed by atoms with Crippen LogP contribution in [-0.2, 0) is 49.7 Å². The molecule has 2 heterocycles. The van der Waals surface area contributed by atoms with E-state index in [9.17, 15) is 57.8 Å². The number of carboxylic acids is 1. The number of benzene rings is 2. The molecule has 0 aliphatic carbocycles. The van der Waals surface area contributed by atoms with Gasteiger partial charge in [0.05, 0.1) is 12.1 Å². The average molecular weight is 1020 g/mol. The van der Waals surface area contributed by atoms with Crippen molar-refractivity contribution in [2.45, 2.75) is 111 Å². The SMILES string of the molecule is CC(C)[C@H](CC(=O)NN1C(=O)C=CC1=O)C(=O)N[C@@H](C)C(=O)N[C@@H](CCCCNC(=O)CCNC(=O)[C@@H](N)CCN(C(=O)CO)[C@@H](c1cc(-c2cc(F)ccc2F)cn1Cc1ccccc1)C(C)(C)C)C(=O)O. The predicted octanol–water partition coefficient (Wildman–Crippen LogP) is 2.59. The van der Waals surface area contributed by atoms with Crippen molar-refractivity contribution < 1.29 is 62.1 Å². The Morgan fingerprint density at radius 3 is 2.10 bits per heavy atom. The predicted molar refractivity (Wildman–Crippen MR) is 263 cm³/mol. The van der Waals surface area contributed by atoms with E-state index in [0.29, 0.717) is 29.2 Å². The number of imide groups is 1. The number of carboxylic acid groups (broad SMARTS) is 1. The number of aliphatic carboxylic acids is 1. The van der Waals surface area contributed by atoms with E-state index in [-0.39, 0.29) is 50.9 Å². The number of aliphatic hydroxyl groups excluding tert-OH is 1. The fraction of sp³-hybridized carbons (Fsp3) is 0.471. The molecular formula is C51H67F2N9O11. The lowest BCUT2D eigenvalue weighted by molar-refractivity contribution is -0.147. The maximum Gasteiger partial charge on any atom is 0.326 e. The number of unbranched alkanes of at least 4 members (excludes halogenated alkanes) is 1. The van der Waals surface area contributed by atoms with E-state index in [1.807, 2.05) is 55.7 Å². The van der Waals surface area contributed by atoms with E-state index >= 15 is 4.39 Å². The van der Waals surface area contributed by atoms with Crippen LogP contribution < -0.4 is 32.4 Å². The van der Waals surface area contributed by atoms with Gasteiger partial charge in [-0.1, -0.05) is 65.0 Å². The number of nitrogens with one attached hydrogen (secondary N) is 5. The van der Waals surface area contributed by atoms with Gasteiger partial charge in [-0.05, 0) is 73.8 Å². The normalized spacial score (nSPS) is 14.5. The Hall–Kier alpha value is -7.33. The lowest BCUT2D eigenvalue weighted by Gasteiger charge is -2.41. The van der Waals surface area contributed by atoms with Crippen molar-refractivity contribution in [3.05, 3.63) is 95.8 Å². The minimum atomic E-state index is -1.33. The number of nitrogens with two attached hydrogens (primary N) is 1. The molecule has 0 unspecified atom stereocenters. The fourth-order valence-corrected chi connectivity index (χ4v) is 8.18. The third-order valence-electron chi connectivity index (χ3n) is 12.1. The molecule has 0 saturated carbocycles. The van der Waals surface area contributed by atoms with E-state index in [0.717, 1.165) is 35.9 Å². The van der Waals surface area contributed by atoms with Crippen LogP contribution >= 0.6 is 0 Å². The van der Waals surface area contributed by atoms with Gasteiger partial charge in [0.15, 0.2) is 0 Å². The molecule has 2 aromatic carbocycles. The molecule has 73 heavy (non-hydrogen) atoms. The molecule has 5 atom stereocenters. The molecule has 0 spiro atoms. The second-order valence-corrected chi connectivity index (χ2v) is 19.3. The lowest BCUT2D eigenvalue weighted by Crippen LogP contribution is -2.52. The summed E-state index contributed by atoms with van der Waals surface area (Å²) in [5, 5.41) is 30.6. The molecular weight excluding hydrogens is 953 g/mol. The number of aromatic nitrogens is 1. The Balaban J connectivity index is 1.25. The maximum atomic E-state index is 15.1. The molecule has 20 nitrogen and oxygen atoms in total. The second kappa shape index (κ2) is 26.9. The summed E-state index contributed by atoms with van der Waals surface area (Å²) in [5.41, 5.74) is 9.61. The van der Waals surface area contributed by atoms with Crippen LogP contribution in [0.1, 0.15) is 97.4 Å². The molecule has 3 aromatic rings. The summed E-state index contributed by atoms with van der Waals surface area (Å²) in [6.07, 6.45) is 3.65. The minimum absolute atomic E-state index is 0.0165. The number of carbonyl (C=O) groups is 9. The highest BCUT2D eigenvalue weighted by molar-refractivity contribution is 6.13. The van der Waals surface area contributed by atoms with Gasteiger partial charge >= 0.3 is 5.97 Å². The third-order valence-corrected chi connectivity index (χ3v) is 12.1. The third kappa shape index (κ3) is 17.2. The Bertz CT molecular complexity index is 2490. The van der Waals surface area contributed by atoms with Crippen LogP contribution in [0, 0.1) is 28.9 Å². The number of amides is 8. The van der Waals surface area contributed by atoms with Crippen molar-refractivity contribution in [2.24, 2.45) is 23.0 Å². The summed E-state index contributed by atoms with van der Waals surface area (Å²) in [4.78, 5) is 115. The largest absolute Gasteiger partial charge is 0.480 e. The summed E-state index contributed by atoms with van der Waals surface area (Å²) in [5.74, 6) is -9.38. The van der Waals surface area contributed by atoms with E-state index < -0.39 is 119 Å². The summed E-state index contributed by atoms with van der Waals surface area (Å²) >= 11 is 0. The Morgan fingerprint density at radius 2 is 1.48 bits per heavy atom. The summed E-state index contributed by atoms with van der Waals surface area (Å²) in [6, 6.07) is 9.84. The number of hydrogen-bond acceptors (Lipinski definition) is 11. The molecule has 22 heteroatoms. The van der Waals surface area contributed by atoms with Crippen LogP contribution in [-0.4, -0.2) is 122 Å². The first-order valence-electron chi connectivity index (χ1n) is 24.0. The van der Waals surface area contributed by atoms with Crippen LogP contribution in [0.15, 0.2) is 72.9 Å². The lowest BCUT2D eigenvalue weighted by atomic mass is 9.82. The minimum Gasteiger partial charge on any atom is -0.480 e. The second-order valence-electron chi connectivity index (χ2n) is 19.3. The number of aliphatic hydroxyl groups is 1. The highest BCUT2D eigenvalue weighted by Gasteiger charge is 2.38. The number of hydrogen-bond donors (Lipinski definition) is 8. The van der Waals surface area contributed by atoms with Crippen molar-refractivity contribution in [1.29, 1.82) is 0 Å². The van der Waals surface area contributed by atoms with Gasteiger partial charge in [-0.3, -0.25) is 43.8 Å². The molecule has 8 amide bonds. The molecule has 1 aliphatic heterocycles. The quantitative estimate of drug-likeness (QED) is 0.0404. The number of hydrazine groups is 1. The van der Waals surface area contributed by atoms with Gasteiger partial charge in [-0.15, -0.1) is 0 Å². The molecule has 0 saturated heterocycles. The van der Waals surface area contributed by atoms with Gasteiger partial charge in [0, 0.05) is 80.1 Å². The Morgan fingerprint density at radius 1 is 0.808 bits per heavy atom. The molecule has 9 N–H and O–H groups in total. The van der Waals surface area contributed by atoms with Gasteiger partial charge in [-0.25, -0.2) is 13.6 Å². The molecule has 396 valence electrons. The van der Waals surface area contributed by atoms with E-state index in [4.69, 9.17) is 5.73 Å². The highest BCUT2D eigenvalue weighted by atomic mass is 19.1. The van der Waals surface area contributed by atoms with Gasteiger partial charge < -0.3 is 46.7 Å². The van der Waals surface area contributed by atoms with E-state index in [1.165, 1.54) is 11.8 Å². The van der Waals surface area contributed by atoms with Gasteiger partial charge in [0.25, 0.3) is 11.8 Å².